The summed E-state index contributed by atoms with van der Waals surface area (Å²) in [5.41, 5.74) is -0.467. The van der Waals surface area contributed by atoms with Gasteiger partial charge in [-0.25, -0.2) is 9.59 Å². The standard InChI is InChI=1S/C25H29ClN2O6/c1-2-33-21(29)19-18(27-23(31)28-20(19)16-3-5-17(26)6-4-16)12-34-22(30)24-8-14-7-15(9-24)11-25(32,10-14)13-24/h3-6,14-15,20,32H,2,7-13H2,1H3,(H2,27,28,31)/t14-,15-,20+,24?,25?/m0/s1. The lowest BCUT2D eigenvalue weighted by atomic mass is 9.48. The number of halogens is 1. The van der Waals surface area contributed by atoms with Crippen LogP contribution in [0.4, 0.5) is 4.79 Å². The van der Waals surface area contributed by atoms with Gasteiger partial charge in [0.15, 0.2) is 0 Å². The Labute approximate surface area is 203 Å². The van der Waals surface area contributed by atoms with Crippen LogP contribution in [0.2, 0.25) is 5.02 Å². The number of rotatable bonds is 6. The van der Waals surface area contributed by atoms with E-state index in [1.807, 2.05) is 0 Å². The predicted molar refractivity (Wildman–Crippen MR) is 123 cm³/mol. The van der Waals surface area contributed by atoms with Gasteiger partial charge in [0.1, 0.15) is 6.61 Å². The molecule has 3 N–H and O–H groups in total. The van der Waals surface area contributed by atoms with Crippen molar-refractivity contribution in [3.63, 3.8) is 0 Å². The van der Waals surface area contributed by atoms with E-state index in [9.17, 15) is 19.5 Å². The maximum atomic E-state index is 13.3. The fourth-order valence-corrected chi connectivity index (χ4v) is 6.96. The highest BCUT2D eigenvalue weighted by atomic mass is 35.5. The van der Waals surface area contributed by atoms with Gasteiger partial charge in [0, 0.05) is 5.02 Å². The highest BCUT2D eigenvalue weighted by Gasteiger charge is 2.61. The third kappa shape index (κ3) is 4.18. The third-order valence-corrected chi connectivity index (χ3v) is 7.92. The molecule has 1 aliphatic heterocycles. The topological polar surface area (TPSA) is 114 Å². The van der Waals surface area contributed by atoms with E-state index in [-0.39, 0.29) is 30.5 Å². The Balaban J connectivity index is 1.41. The molecular weight excluding hydrogens is 460 g/mol. The van der Waals surface area contributed by atoms with E-state index in [0.29, 0.717) is 28.8 Å². The molecule has 3 atom stereocenters. The first-order valence-corrected chi connectivity index (χ1v) is 12.2. The van der Waals surface area contributed by atoms with Crippen molar-refractivity contribution >= 4 is 29.6 Å². The number of amides is 2. The van der Waals surface area contributed by atoms with Gasteiger partial charge in [0.05, 0.1) is 34.9 Å². The number of ether oxygens (including phenoxy) is 2. The number of hydrogen-bond donors (Lipinski definition) is 3. The van der Waals surface area contributed by atoms with Crippen LogP contribution in [0.3, 0.4) is 0 Å². The summed E-state index contributed by atoms with van der Waals surface area (Å²) in [6.45, 7) is 1.59. The van der Waals surface area contributed by atoms with Crippen LogP contribution in [0.25, 0.3) is 0 Å². The monoisotopic (exact) mass is 488 g/mol. The van der Waals surface area contributed by atoms with Gasteiger partial charge in [-0.05, 0) is 75.0 Å². The Bertz CT molecular complexity index is 1040. The average molecular weight is 489 g/mol. The second kappa shape index (κ2) is 8.57. The van der Waals surface area contributed by atoms with E-state index < -0.39 is 29.1 Å². The van der Waals surface area contributed by atoms with Crippen molar-refractivity contribution in [3.05, 3.63) is 46.1 Å². The smallest absolute Gasteiger partial charge is 0.338 e. The minimum absolute atomic E-state index is 0.154. The summed E-state index contributed by atoms with van der Waals surface area (Å²) >= 11 is 6.00. The minimum Gasteiger partial charge on any atom is -0.463 e. The van der Waals surface area contributed by atoms with E-state index in [4.69, 9.17) is 21.1 Å². The molecule has 182 valence electrons. The first-order valence-electron chi connectivity index (χ1n) is 11.8. The van der Waals surface area contributed by atoms with Crippen LogP contribution in [0.1, 0.15) is 57.1 Å². The lowest BCUT2D eigenvalue weighted by Crippen LogP contribution is -2.58. The van der Waals surface area contributed by atoms with Crippen LogP contribution in [0.15, 0.2) is 35.5 Å². The zero-order valence-corrected chi connectivity index (χ0v) is 19.8. The molecule has 9 heteroatoms. The lowest BCUT2D eigenvalue weighted by molar-refractivity contribution is -0.195. The van der Waals surface area contributed by atoms with Crippen molar-refractivity contribution in [2.45, 2.75) is 57.1 Å². The van der Waals surface area contributed by atoms with E-state index in [0.717, 1.165) is 32.1 Å². The van der Waals surface area contributed by atoms with Gasteiger partial charge in [-0.2, -0.15) is 0 Å². The van der Waals surface area contributed by atoms with Crippen LogP contribution in [0.5, 0.6) is 0 Å². The molecule has 8 nitrogen and oxygen atoms in total. The zero-order valence-electron chi connectivity index (χ0n) is 19.1. The number of urea groups is 1. The molecule has 1 aromatic carbocycles. The molecule has 0 aromatic heterocycles. The molecule has 5 aliphatic rings. The van der Waals surface area contributed by atoms with E-state index in [2.05, 4.69) is 10.6 Å². The number of carbonyl (C=O) groups excluding carboxylic acids is 3. The molecule has 4 fully saturated rings. The molecule has 4 saturated carbocycles. The highest BCUT2D eigenvalue weighted by molar-refractivity contribution is 6.30. The van der Waals surface area contributed by atoms with E-state index in [1.54, 1.807) is 31.2 Å². The normalized spacial score (nSPS) is 33.9. The minimum atomic E-state index is -0.791. The molecule has 6 rings (SSSR count). The van der Waals surface area contributed by atoms with Crippen LogP contribution < -0.4 is 10.6 Å². The van der Waals surface area contributed by atoms with Crippen LogP contribution in [-0.2, 0) is 19.1 Å². The summed E-state index contributed by atoms with van der Waals surface area (Å²) in [6, 6.07) is 5.49. The van der Waals surface area contributed by atoms with Crippen molar-refractivity contribution in [2.75, 3.05) is 13.2 Å². The van der Waals surface area contributed by atoms with Gasteiger partial charge >= 0.3 is 18.0 Å². The van der Waals surface area contributed by atoms with E-state index >= 15 is 0 Å². The SMILES string of the molecule is CCOC(=O)C1=C(COC(=O)C23C[C@@H]4C[C@H](CC(O)(C4)C2)C3)NC(=O)N[C@@H]1c1ccc(Cl)cc1. The summed E-state index contributed by atoms with van der Waals surface area (Å²) in [4.78, 5) is 38.7. The third-order valence-electron chi connectivity index (χ3n) is 7.66. The maximum Gasteiger partial charge on any atom is 0.338 e. The largest absolute Gasteiger partial charge is 0.463 e. The number of hydrogen-bond acceptors (Lipinski definition) is 6. The van der Waals surface area contributed by atoms with Crippen molar-refractivity contribution < 1.29 is 29.0 Å². The molecule has 0 unspecified atom stereocenters. The molecule has 0 saturated heterocycles. The second-order valence-electron chi connectivity index (χ2n) is 10.2. The number of nitrogens with one attached hydrogen (secondary N) is 2. The summed E-state index contributed by atoms with van der Waals surface area (Å²) in [7, 11) is 0. The molecule has 1 aromatic rings. The van der Waals surface area contributed by atoms with Gasteiger partial charge in [0.2, 0.25) is 0 Å². The summed E-state index contributed by atoms with van der Waals surface area (Å²) < 4.78 is 11.0. The predicted octanol–water partition coefficient (Wildman–Crippen LogP) is 3.39. The Kier molecular flexibility index (Phi) is 5.84. The van der Waals surface area contributed by atoms with Gasteiger partial charge in [-0.3, -0.25) is 4.79 Å². The lowest BCUT2D eigenvalue weighted by Gasteiger charge is -2.58. The zero-order chi connectivity index (χ0) is 24.1. The molecule has 4 aliphatic carbocycles. The number of benzene rings is 1. The quantitative estimate of drug-likeness (QED) is 0.529. The Hall–Kier alpha value is -2.58. The molecule has 0 radical (unpaired) electrons. The van der Waals surface area contributed by atoms with Gasteiger partial charge in [-0.15, -0.1) is 0 Å². The van der Waals surface area contributed by atoms with Gasteiger partial charge in [-0.1, -0.05) is 23.7 Å². The first kappa shape index (κ1) is 23.2. The van der Waals surface area contributed by atoms with Crippen molar-refractivity contribution in [1.29, 1.82) is 0 Å². The van der Waals surface area contributed by atoms with Crippen LogP contribution in [0, 0.1) is 17.3 Å². The van der Waals surface area contributed by atoms with Gasteiger partial charge in [0.25, 0.3) is 0 Å². The number of aliphatic hydroxyl groups is 1. The maximum absolute atomic E-state index is 13.3. The highest BCUT2D eigenvalue weighted by Crippen LogP contribution is 2.62. The molecule has 34 heavy (non-hydrogen) atoms. The summed E-state index contributed by atoms with van der Waals surface area (Å²) in [6.07, 6.45) is 4.41. The van der Waals surface area contributed by atoms with E-state index in [1.165, 1.54) is 0 Å². The fraction of sp³-hybridized carbons (Fsp3) is 0.560. The summed E-state index contributed by atoms with van der Waals surface area (Å²) in [5, 5.41) is 16.9. The number of carbonyl (C=O) groups is 3. The van der Waals surface area contributed by atoms with Crippen molar-refractivity contribution in [3.8, 4) is 0 Å². The Morgan fingerprint density at radius 1 is 1.12 bits per heavy atom. The van der Waals surface area contributed by atoms with Crippen molar-refractivity contribution in [1.82, 2.24) is 10.6 Å². The fourth-order valence-electron chi connectivity index (χ4n) is 6.83. The molecular formula is C25H29ClN2O6. The second-order valence-corrected chi connectivity index (χ2v) is 10.7. The van der Waals surface area contributed by atoms with Crippen LogP contribution >= 0.6 is 11.6 Å². The molecule has 0 spiro atoms. The first-order chi connectivity index (χ1) is 16.2. The van der Waals surface area contributed by atoms with Crippen molar-refractivity contribution in [2.24, 2.45) is 17.3 Å². The summed E-state index contributed by atoms with van der Waals surface area (Å²) in [5.74, 6) is -0.307. The Morgan fingerprint density at radius 2 is 1.79 bits per heavy atom. The van der Waals surface area contributed by atoms with Crippen LogP contribution in [-0.4, -0.2) is 41.9 Å². The Morgan fingerprint density at radius 3 is 2.41 bits per heavy atom. The molecule has 2 amide bonds. The number of esters is 2. The average Bonchev–Trinajstić information content (AvgIpc) is 2.76. The molecule has 4 bridgehead atoms. The van der Waals surface area contributed by atoms with Gasteiger partial charge < -0.3 is 25.2 Å². The molecule has 1 heterocycles.